The number of rotatable bonds is 7. The monoisotopic (exact) mass is 549 g/mol. The number of primary amides is 1. The van der Waals surface area contributed by atoms with Crippen LogP contribution in [0.25, 0.3) is 17.1 Å². The minimum absolute atomic E-state index is 0.0149. The minimum atomic E-state index is -0.578. The average molecular weight is 551 g/mol. The van der Waals surface area contributed by atoms with Crippen molar-refractivity contribution in [1.82, 2.24) is 14.8 Å². The molecule has 0 aliphatic carbocycles. The number of anilines is 1. The molecule has 0 atom stereocenters. The molecule has 1 aromatic heterocycles. The van der Waals surface area contributed by atoms with Crippen LogP contribution in [0.5, 0.6) is 0 Å². The summed E-state index contributed by atoms with van der Waals surface area (Å²) in [4.78, 5) is 23.7. The van der Waals surface area contributed by atoms with Gasteiger partial charge in [-0.25, -0.2) is 4.39 Å². The van der Waals surface area contributed by atoms with Gasteiger partial charge >= 0.3 is 0 Å². The highest BCUT2D eigenvalue weighted by Crippen LogP contribution is 2.34. The summed E-state index contributed by atoms with van der Waals surface area (Å²) in [5, 5.41) is 12.2. The number of carbonyl (C=O) groups excluding carboxylic acids is 2. The molecule has 12 heteroatoms. The van der Waals surface area contributed by atoms with Crippen molar-refractivity contribution in [2.45, 2.75) is 5.16 Å². The Bertz CT molecular complexity index is 1430. The zero-order valence-corrected chi connectivity index (χ0v) is 20.7. The molecule has 0 aliphatic heterocycles. The fourth-order valence-corrected chi connectivity index (χ4v) is 4.53. The zero-order valence-electron chi connectivity index (χ0n) is 17.6. The average Bonchev–Trinajstić information content (AvgIpc) is 3.23. The molecule has 35 heavy (non-hydrogen) atoms. The first-order valence-electron chi connectivity index (χ1n) is 9.91. The number of nitrogens with zero attached hydrogens (tertiary/aromatic N) is 3. The van der Waals surface area contributed by atoms with E-state index in [2.05, 4.69) is 15.5 Å². The summed E-state index contributed by atoms with van der Waals surface area (Å²) >= 11 is 19.5. The first-order chi connectivity index (χ1) is 16.7. The van der Waals surface area contributed by atoms with Gasteiger partial charge in [0, 0.05) is 21.8 Å². The molecule has 178 valence electrons. The summed E-state index contributed by atoms with van der Waals surface area (Å²) < 4.78 is 15.4. The molecular formula is C23H15Cl3FN5O2S. The molecule has 0 bridgehead atoms. The van der Waals surface area contributed by atoms with Gasteiger partial charge in [0.1, 0.15) is 5.82 Å². The SMILES string of the molecule is NC(=O)c1ccc(NC(=O)CSc2nnc(-c3ccc(Cl)cc3Cl)n2-c2ccc(F)c(Cl)c2)cc1. The fraction of sp³-hybridized carbons (Fsp3) is 0.0435. The number of halogens is 4. The Labute approximate surface area is 218 Å². The predicted molar refractivity (Wildman–Crippen MR) is 136 cm³/mol. The lowest BCUT2D eigenvalue weighted by Crippen LogP contribution is -2.15. The molecular weight excluding hydrogens is 536 g/mol. The lowest BCUT2D eigenvalue weighted by molar-refractivity contribution is -0.113. The molecule has 2 amide bonds. The molecule has 0 unspecified atom stereocenters. The van der Waals surface area contributed by atoms with Crippen LogP contribution in [-0.4, -0.2) is 32.3 Å². The summed E-state index contributed by atoms with van der Waals surface area (Å²) in [5.74, 6) is -1.11. The highest BCUT2D eigenvalue weighted by molar-refractivity contribution is 7.99. The summed E-state index contributed by atoms with van der Waals surface area (Å²) in [6.45, 7) is 0. The van der Waals surface area contributed by atoms with E-state index in [1.165, 1.54) is 30.3 Å². The minimum Gasteiger partial charge on any atom is -0.366 e. The number of nitrogens with one attached hydrogen (secondary N) is 1. The molecule has 4 rings (SSSR count). The number of carbonyl (C=O) groups is 2. The van der Waals surface area contributed by atoms with E-state index in [0.29, 0.717) is 43.5 Å². The van der Waals surface area contributed by atoms with E-state index in [-0.39, 0.29) is 16.7 Å². The summed E-state index contributed by atoms with van der Waals surface area (Å²) in [7, 11) is 0. The maximum atomic E-state index is 13.8. The number of amides is 2. The Morgan fingerprint density at radius 2 is 1.71 bits per heavy atom. The van der Waals surface area contributed by atoms with Gasteiger partial charge in [0.15, 0.2) is 11.0 Å². The second kappa shape index (κ2) is 10.7. The third-order valence-corrected chi connectivity index (χ3v) is 6.52. The Hall–Kier alpha value is -3.11. The van der Waals surface area contributed by atoms with Crippen molar-refractivity contribution in [3.63, 3.8) is 0 Å². The molecule has 4 aromatic rings. The van der Waals surface area contributed by atoms with Gasteiger partial charge in [-0.1, -0.05) is 46.6 Å². The van der Waals surface area contributed by atoms with Crippen molar-refractivity contribution in [1.29, 1.82) is 0 Å². The van der Waals surface area contributed by atoms with E-state index in [0.717, 1.165) is 11.8 Å². The van der Waals surface area contributed by atoms with Gasteiger partial charge < -0.3 is 11.1 Å². The summed E-state index contributed by atoms with van der Waals surface area (Å²) in [6, 6.07) is 15.3. The van der Waals surface area contributed by atoms with Crippen LogP contribution >= 0.6 is 46.6 Å². The van der Waals surface area contributed by atoms with Crippen LogP contribution in [0.15, 0.2) is 65.8 Å². The van der Waals surface area contributed by atoms with Crippen molar-refractivity contribution in [3.8, 4) is 17.1 Å². The van der Waals surface area contributed by atoms with Crippen LogP contribution in [0.1, 0.15) is 10.4 Å². The molecule has 0 spiro atoms. The van der Waals surface area contributed by atoms with Crippen LogP contribution < -0.4 is 11.1 Å². The van der Waals surface area contributed by atoms with E-state index in [9.17, 15) is 14.0 Å². The predicted octanol–water partition coefficient (Wildman–Crippen LogP) is 5.86. The molecule has 3 N–H and O–H groups in total. The van der Waals surface area contributed by atoms with E-state index >= 15 is 0 Å². The number of aromatic nitrogens is 3. The second-order valence-corrected chi connectivity index (χ2v) is 9.34. The third-order valence-electron chi connectivity index (χ3n) is 4.75. The standard InChI is InChI=1S/C23H15Cl3FN5O2S/c24-13-3-7-16(17(25)9-13)22-30-31-23(32(22)15-6-8-19(27)18(26)10-15)35-11-20(33)29-14-4-1-12(2-5-14)21(28)34/h1-10H,11H2,(H2,28,34)(H,29,33). The first-order valence-corrected chi connectivity index (χ1v) is 12.0. The zero-order chi connectivity index (χ0) is 25.1. The van der Waals surface area contributed by atoms with E-state index in [1.807, 2.05) is 0 Å². The Morgan fingerprint density at radius 3 is 2.37 bits per heavy atom. The molecule has 0 aliphatic rings. The maximum absolute atomic E-state index is 13.8. The van der Waals surface area contributed by atoms with E-state index in [4.69, 9.17) is 40.5 Å². The molecule has 7 nitrogen and oxygen atoms in total. The smallest absolute Gasteiger partial charge is 0.248 e. The first kappa shape index (κ1) is 25.0. The van der Waals surface area contributed by atoms with Crippen LogP contribution in [0.3, 0.4) is 0 Å². The molecule has 0 saturated carbocycles. The number of nitrogens with two attached hydrogens (primary N) is 1. The summed E-state index contributed by atoms with van der Waals surface area (Å²) in [5.41, 5.74) is 7.08. The molecule has 0 radical (unpaired) electrons. The van der Waals surface area contributed by atoms with E-state index in [1.54, 1.807) is 34.9 Å². The Balaban J connectivity index is 1.61. The Kier molecular flexibility index (Phi) is 7.61. The summed E-state index contributed by atoms with van der Waals surface area (Å²) in [6.07, 6.45) is 0. The van der Waals surface area contributed by atoms with Gasteiger partial charge in [0.05, 0.1) is 21.5 Å². The Morgan fingerprint density at radius 1 is 0.971 bits per heavy atom. The normalized spacial score (nSPS) is 10.9. The van der Waals surface area contributed by atoms with Gasteiger partial charge in [0.2, 0.25) is 11.8 Å². The number of hydrogen-bond donors (Lipinski definition) is 2. The van der Waals surface area contributed by atoms with Crippen molar-refractivity contribution in [2.24, 2.45) is 5.73 Å². The van der Waals surface area contributed by atoms with Crippen molar-refractivity contribution in [3.05, 3.63) is 87.1 Å². The van der Waals surface area contributed by atoms with Crippen LogP contribution in [0.4, 0.5) is 10.1 Å². The maximum Gasteiger partial charge on any atom is 0.248 e. The second-order valence-electron chi connectivity index (χ2n) is 7.14. The van der Waals surface area contributed by atoms with Gasteiger partial charge in [-0.3, -0.25) is 14.2 Å². The molecule has 3 aromatic carbocycles. The number of benzene rings is 3. The highest BCUT2D eigenvalue weighted by atomic mass is 35.5. The van der Waals surface area contributed by atoms with Crippen LogP contribution in [-0.2, 0) is 4.79 Å². The molecule has 0 saturated heterocycles. The topological polar surface area (TPSA) is 103 Å². The largest absolute Gasteiger partial charge is 0.366 e. The van der Waals surface area contributed by atoms with Gasteiger partial charge in [-0.2, -0.15) is 0 Å². The fourth-order valence-electron chi connectivity index (χ4n) is 3.11. The van der Waals surface area contributed by atoms with Crippen molar-refractivity contribution < 1.29 is 14.0 Å². The van der Waals surface area contributed by atoms with Crippen molar-refractivity contribution in [2.75, 3.05) is 11.1 Å². The molecule has 1 heterocycles. The lowest BCUT2D eigenvalue weighted by Gasteiger charge is -2.12. The van der Waals surface area contributed by atoms with Crippen molar-refractivity contribution >= 4 is 64.1 Å². The third kappa shape index (κ3) is 5.76. The van der Waals surface area contributed by atoms with E-state index < -0.39 is 11.7 Å². The van der Waals surface area contributed by atoms with Gasteiger partial charge in [-0.05, 0) is 60.7 Å². The van der Waals surface area contributed by atoms with Crippen LogP contribution in [0, 0.1) is 5.82 Å². The number of hydrogen-bond acceptors (Lipinski definition) is 5. The molecule has 0 fully saturated rings. The quantitative estimate of drug-likeness (QED) is 0.280. The highest BCUT2D eigenvalue weighted by Gasteiger charge is 2.20. The van der Waals surface area contributed by atoms with Gasteiger partial charge in [0.25, 0.3) is 0 Å². The van der Waals surface area contributed by atoms with Crippen LogP contribution in [0.2, 0.25) is 15.1 Å². The number of thioether (sulfide) groups is 1. The lowest BCUT2D eigenvalue weighted by atomic mass is 10.2. The van der Waals surface area contributed by atoms with Gasteiger partial charge in [-0.15, -0.1) is 10.2 Å².